The largest absolute Gasteiger partial charge is 0.381 e. The molecule has 0 saturated carbocycles. The molecule has 0 aliphatic rings. The first-order valence-electron chi connectivity index (χ1n) is 9.52. The zero-order valence-electron chi connectivity index (χ0n) is 16.7. The summed E-state index contributed by atoms with van der Waals surface area (Å²) in [5.74, 6) is 0.164. The summed E-state index contributed by atoms with van der Waals surface area (Å²) in [6.07, 6.45) is 0.727. The van der Waals surface area contributed by atoms with Crippen LogP contribution in [0.1, 0.15) is 36.2 Å². The Labute approximate surface area is 171 Å². The van der Waals surface area contributed by atoms with Crippen LogP contribution < -0.4 is 16.0 Å². The van der Waals surface area contributed by atoms with Gasteiger partial charge in [-0.15, -0.1) is 0 Å². The highest BCUT2D eigenvalue weighted by molar-refractivity contribution is 6.05. The second-order valence-electron chi connectivity index (χ2n) is 6.93. The topological polar surface area (TPSA) is 103 Å². The summed E-state index contributed by atoms with van der Waals surface area (Å²) in [5, 5.41) is 17.2. The molecule has 0 spiro atoms. The molecular weight excluding hydrogens is 368 g/mol. The molecule has 0 unspecified atom stereocenters. The Bertz CT molecular complexity index is 874. The molecule has 2 aromatic rings. The van der Waals surface area contributed by atoms with E-state index >= 15 is 0 Å². The lowest BCUT2D eigenvalue weighted by atomic mass is 10.1. The lowest BCUT2D eigenvalue weighted by molar-refractivity contribution is 0.102. The quantitative estimate of drug-likeness (QED) is 0.559. The smallest absolute Gasteiger partial charge is 0.319 e. The maximum Gasteiger partial charge on any atom is 0.319 e. The third kappa shape index (κ3) is 8.03. The van der Waals surface area contributed by atoms with Crippen LogP contribution in [0.3, 0.4) is 0 Å². The Morgan fingerprint density at radius 2 is 1.79 bits per heavy atom. The molecule has 3 N–H and O–H groups in total. The fourth-order valence-electron chi connectivity index (χ4n) is 2.48. The van der Waals surface area contributed by atoms with Gasteiger partial charge in [-0.1, -0.05) is 26.0 Å². The van der Waals surface area contributed by atoms with Gasteiger partial charge in [0.15, 0.2) is 0 Å². The van der Waals surface area contributed by atoms with Crippen molar-refractivity contribution < 1.29 is 14.3 Å². The standard InChI is InChI=1S/C22H26N4O3/c1-16(2)15-29-11-5-10-24-22(28)26-20-9-4-7-18(13-20)21(27)25-19-8-3-6-17(12-19)14-23/h3-4,6-9,12-13,16H,5,10-11,15H2,1-2H3,(H,25,27)(H2,24,26,28). The molecule has 0 aliphatic heterocycles. The first-order chi connectivity index (χ1) is 14.0. The maximum atomic E-state index is 12.4. The summed E-state index contributed by atoms with van der Waals surface area (Å²) in [5.41, 5.74) is 1.90. The molecule has 0 atom stereocenters. The van der Waals surface area contributed by atoms with Crippen LogP contribution in [-0.2, 0) is 4.74 Å². The molecule has 0 bridgehead atoms. The van der Waals surface area contributed by atoms with Crippen LogP contribution in [0.25, 0.3) is 0 Å². The van der Waals surface area contributed by atoms with E-state index in [1.807, 2.05) is 6.07 Å². The number of rotatable bonds is 9. The van der Waals surface area contributed by atoms with Gasteiger partial charge in [0.05, 0.1) is 11.6 Å². The van der Waals surface area contributed by atoms with Crippen LogP contribution in [0.4, 0.5) is 16.2 Å². The van der Waals surface area contributed by atoms with Crippen LogP contribution in [0.5, 0.6) is 0 Å². The van der Waals surface area contributed by atoms with E-state index in [1.54, 1.807) is 48.5 Å². The van der Waals surface area contributed by atoms with Crippen molar-refractivity contribution in [3.63, 3.8) is 0 Å². The van der Waals surface area contributed by atoms with Gasteiger partial charge in [0.1, 0.15) is 0 Å². The normalized spacial score (nSPS) is 10.3. The van der Waals surface area contributed by atoms with Gasteiger partial charge in [0, 0.05) is 36.7 Å². The first kappa shape index (κ1) is 21.9. The fourth-order valence-corrected chi connectivity index (χ4v) is 2.48. The average molecular weight is 394 g/mol. The van der Waals surface area contributed by atoms with Crippen molar-refractivity contribution in [1.82, 2.24) is 5.32 Å². The molecule has 7 nitrogen and oxygen atoms in total. The van der Waals surface area contributed by atoms with E-state index in [1.165, 1.54) is 0 Å². The average Bonchev–Trinajstić information content (AvgIpc) is 2.70. The summed E-state index contributed by atoms with van der Waals surface area (Å²) >= 11 is 0. The van der Waals surface area contributed by atoms with Crippen LogP contribution in [-0.4, -0.2) is 31.7 Å². The van der Waals surface area contributed by atoms with Gasteiger partial charge in [-0.25, -0.2) is 4.79 Å². The second-order valence-corrected chi connectivity index (χ2v) is 6.93. The van der Waals surface area contributed by atoms with Crippen molar-refractivity contribution in [2.24, 2.45) is 5.92 Å². The SMILES string of the molecule is CC(C)COCCCNC(=O)Nc1cccc(C(=O)Nc2cccc(C#N)c2)c1. The summed E-state index contributed by atoms with van der Waals surface area (Å²) in [6, 6.07) is 15.0. The van der Waals surface area contributed by atoms with E-state index in [4.69, 9.17) is 10.00 Å². The summed E-state index contributed by atoms with van der Waals surface area (Å²) in [4.78, 5) is 24.4. The fraction of sp³-hybridized carbons (Fsp3) is 0.318. The Kier molecular flexibility index (Phi) is 8.67. The Morgan fingerprint density at radius 1 is 1.07 bits per heavy atom. The summed E-state index contributed by atoms with van der Waals surface area (Å²) in [7, 11) is 0. The van der Waals surface area contributed by atoms with E-state index in [2.05, 4.69) is 29.8 Å². The van der Waals surface area contributed by atoms with E-state index < -0.39 is 0 Å². The third-order valence-corrected chi connectivity index (χ3v) is 3.83. The summed E-state index contributed by atoms with van der Waals surface area (Å²) < 4.78 is 5.47. The van der Waals surface area contributed by atoms with Crippen LogP contribution in [0.2, 0.25) is 0 Å². The molecule has 0 saturated heterocycles. The maximum absolute atomic E-state index is 12.4. The molecule has 7 heteroatoms. The predicted molar refractivity (Wildman–Crippen MR) is 113 cm³/mol. The summed E-state index contributed by atoms with van der Waals surface area (Å²) in [6.45, 7) is 5.98. The van der Waals surface area contributed by atoms with Crippen LogP contribution in [0, 0.1) is 17.2 Å². The number of nitrogens with zero attached hydrogens (tertiary/aromatic N) is 1. The number of ether oxygens (including phenoxy) is 1. The zero-order valence-corrected chi connectivity index (χ0v) is 16.7. The second kappa shape index (κ2) is 11.5. The Morgan fingerprint density at radius 3 is 2.52 bits per heavy atom. The van der Waals surface area contributed by atoms with Crippen LogP contribution in [0.15, 0.2) is 48.5 Å². The molecule has 0 aromatic heterocycles. The van der Waals surface area contributed by atoms with E-state index in [0.29, 0.717) is 48.2 Å². The number of nitrogens with one attached hydrogen (secondary N) is 3. The molecule has 0 aliphatic carbocycles. The molecule has 0 fully saturated rings. The monoisotopic (exact) mass is 394 g/mol. The highest BCUT2D eigenvalue weighted by Gasteiger charge is 2.09. The van der Waals surface area contributed by atoms with Crippen molar-refractivity contribution in [1.29, 1.82) is 5.26 Å². The van der Waals surface area contributed by atoms with Crippen molar-refractivity contribution >= 4 is 23.3 Å². The van der Waals surface area contributed by atoms with Gasteiger partial charge in [-0.3, -0.25) is 4.79 Å². The van der Waals surface area contributed by atoms with Crippen molar-refractivity contribution in [3.8, 4) is 6.07 Å². The molecular formula is C22H26N4O3. The van der Waals surface area contributed by atoms with E-state index in [0.717, 1.165) is 6.42 Å². The minimum absolute atomic E-state index is 0.327. The van der Waals surface area contributed by atoms with Gasteiger partial charge in [-0.05, 0) is 48.7 Å². The van der Waals surface area contributed by atoms with Gasteiger partial charge in [-0.2, -0.15) is 5.26 Å². The Balaban J connectivity index is 1.83. The lowest BCUT2D eigenvalue weighted by Crippen LogP contribution is -2.30. The van der Waals surface area contributed by atoms with E-state index in [9.17, 15) is 9.59 Å². The molecule has 29 heavy (non-hydrogen) atoms. The number of urea groups is 1. The number of benzene rings is 2. The van der Waals surface area contributed by atoms with Crippen LogP contribution >= 0.6 is 0 Å². The minimum Gasteiger partial charge on any atom is -0.381 e. The molecule has 2 aromatic carbocycles. The number of carbonyl (C=O) groups excluding carboxylic acids is 2. The molecule has 2 rings (SSSR count). The van der Waals surface area contributed by atoms with Crippen molar-refractivity contribution in [2.75, 3.05) is 30.4 Å². The highest BCUT2D eigenvalue weighted by atomic mass is 16.5. The predicted octanol–water partition coefficient (Wildman–Crippen LogP) is 3.99. The first-order valence-corrected chi connectivity index (χ1v) is 9.52. The number of nitriles is 1. The molecule has 3 amide bonds. The van der Waals surface area contributed by atoms with Gasteiger partial charge < -0.3 is 20.7 Å². The number of hydrogen-bond donors (Lipinski definition) is 3. The van der Waals surface area contributed by atoms with Gasteiger partial charge >= 0.3 is 6.03 Å². The molecule has 0 radical (unpaired) electrons. The molecule has 152 valence electrons. The zero-order chi connectivity index (χ0) is 21.1. The molecule has 0 heterocycles. The lowest BCUT2D eigenvalue weighted by Gasteiger charge is -2.10. The number of hydrogen-bond acceptors (Lipinski definition) is 4. The third-order valence-electron chi connectivity index (χ3n) is 3.83. The van der Waals surface area contributed by atoms with E-state index in [-0.39, 0.29) is 11.9 Å². The van der Waals surface area contributed by atoms with Crippen molar-refractivity contribution in [3.05, 3.63) is 59.7 Å². The number of amides is 3. The number of carbonyl (C=O) groups is 2. The van der Waals surface area contributed by atoms with Gasteiger partial charge in [0.25, 0.3) is 5.91 Å². The van der Waals surface area contributed by atoms with Gasteiger partial charge in [0.2, 0.25) is 0 Å². The highest BCUT2D eigenvalue weighted by Crippen LogP contribution is 2.14. The minimum atomic E-state index is -0.340. The Hall–Kier alpha value is -3.37. The number of anilines is 2. The van der Waals surface area contributed by atoms with Crippen molar-refractivity contribution in [2.45, 2.75) is 20.3 Å².